The fourth-order valence-electron chi connectivity index (χ4n) is 3.66. The molecule has 2 aliphatic rings. The van der Waals surface area contributed by atoms with Gasteiger partial charge in [-0.15, -0.1) is 0 Å². The molecule has 0 radical (unpaired) electrons. The summed E-state index contributed by atoms with van der Waals surface area (Å²) in [6.45, 7) is 6.45. The molecule has 3 unspecified atom stereocenters. The average molecular weight is 461 g/mol. The van der Waals surface area contributed by atoms with Gasteiger partial charge in [0, 0.05) is 29.5 Å². The predicted molar refractivity (Wildman–Crippen MR) is 121 cm³/mol. The summed E-state index contributed by atoms with van der Waals surface area (Å²) in [7, 11) is -0.725. The molecule has 2 aromatic rings. The van der Waals surface area contributed by atoms with Crippen LogP contribution < -0.4 is 5.46 Å². The molecule has 2 aromatic carbocycles. The molecular formula is C23H30BBrO4. The van der Waals surface area contributed by atoms with E-state index in [-0.39, 0.29) is 6.29 Å². The summed E-state index contributed by atoms with van der Waals surface area (Å²) in [5, 5.41) is 9.46. The molecule has 0 saturated carbocycles. The second kappa shape index (κ2) is 11.3. The van der Waals surface area contributed by atoms with Gasteiger partial charge >= 0.3 is 7.12 Å². The molecule has 1 fully saturated rings. The maximum Gasteiger partial charge on any atom is 0.491 e. The highest BCUT2D eigenvalue weighted by molar-refractivity contribution is 9.10. The highest BCUT2D eigenvalue weighted by Crippen LogP contribution is 2.26. The molecule has 6 heteroatoms. The van der Waals surface area contributed by atoms with Gasteiger partial charge in [0.25, 0.3) is 0 Å². The second-order valence-electron chi connectivity index (χ2n) is 7.77. The van der Waals surface area contributed by atoms with Crippen molar-refractivity contribution in [2.45, 2.75) is 51.2 Å². The molecule has 1 N–H and O–H groups in total. The molecule has 0 spiro atoms. The van der Waals surface area contributed by atoms with Crippen molar-refractivity contribution < 1.29 is 19.2 Å². The number of hydrogen-bond donors (Lipinski definition) is 1. The first-order chi connectivity index (χ1) is 14.1. The van der Waals surface area contributed by atoms with Crippen LogP contribution in [0, 0.1) is 0 Å². The van der Waals surface area contributed by atoms with Gasteiger partial charge in [0.05, 0.1) is 6.61 Å². The fourth-order valence-corrected chi connectivity index (χ4v) is 4.33. The van der Waals surface area contributed by atoms with Crippen molar-refractivity contribution in [1.82, 2.24) is 0 Å². The van der Waals surface area contributed by atoms with Gasteiger partial charge in [0.15, 0.2) is 6.29 Å². The van der Waals surface area contributed by atoms with E-state index in [1.54, 1.807) is 0 Å². The minimum absolute atomic E-state index is 0.00804. The van der Waals surface area contributed by atoms with Crippen molar-refractivity contribution in [2.75, 3.05) is 19.8 Å². The lowest BCUT2D eigenvalue weighted by molar-refractivity contribution is -0.164. The lowest BCUT2D eigenvalue weighted by Gasteiger charge is -2.24. The van der Waals surface area contributed by atoms with E-state index in [4.69, 9.17) is 14.1 Å². The zero-order chi connectivity index (χ0) is 20.6. The molecule has 0 bridgehead atoms. The van der Waals surface area contributed by atoms with Crippen LogP contribution in [0.3, 0.4) is 0 Å². The highest BCUT2D eigenvalue weighted by atomic mass is 79.9. The lowest BCUT2D eigenvalue weighted by atomic mass is 9.71. The van der Waals surface area contributed by atoms with Crippen molar-refractivity contribution in [2.24, 2.45) is 0 Å². The topological polar surface area (TPSA) is 47.9 Å². The van der Waals surface area contributed by atoms with Crippen LogP contribution in [0.4, 0.5) is 0 Å². The lowest BCUT2D eigenvalue weighted by Crippen LogP contribution is -2.42. The summed E-state index contributed by atoms with van der Waals surface area (Å²) in [6.07, 6.45) is 3.42. The largest absolute Gasteiger partial charge is 0.491 e. The van der Waals surface area contributed by atoms with Gasteiger partial charge in [-0.3, -0.25) is 0 Å². The van der Waals surface area contributed by atoms with Crippen molar-refractivity contribution in [3.63, 3.8) is 0 Å². The third-order valence-corrected chi connectivity index (χ3v) is 6.13. The Kier molecular flexibility index (Phi) is 8.76. The Morgan fingerprint density at radius 3 is 2.66 bits per heavy atom. The van der Waals surface area contributed by atoms with Crippen LogP contribution in [-0.4, -0.2) is 38.3 Å². The monoisotopic (exact) mass is 460 g/mol. The van der Waals surface area contributed by atoms with E-state index in [2.05, 4.69) is 48.0 Å². The van der Waals surface area contributed by atoms with Crippen molar-refractivity contribution in [3.05, 3.63) is 64.1 Å². The summed E-state index contributed by atoms with van der Waals surface area (Å²) in [5.41, 5.74) is 3.41. The molecule has 156 valence electrons. The number of fused-ring (bicyclic) bond motifs is 1. The summed E-state index contributed by atoms with van der Waals surface area (Å²) >= 11 is 3.58. The highest BCUT2D eigenvalue weighted by Gasteiger charge is 2.27. The van der Waals surface area contributed by atoms with E-state index in [1.807, 2.05) is 30.3 Å². The Hall–Kier alpha value is -1.18. The molecule has 2 aliphatic heterocycles. The van der Waals surface area contributed by atoms with Gasteiger partial charge in [-0.25, -0.2) is 0 Å². The van der Waals surface area contributed by atoms with Crippen molar-refractivity contribution in [1.29, 1.82) is 0 Å². The molecule has 0 aromatic heterocycles. The van der Waals surface area contributed by atoms with Gasteiger partial charge in [0.2, 0.25) is 0 Å². The summed E-state index contributed by atoms with van der Waals surface area (Å²) in [5.74, 6) is 0.778. The quantitative estimate of drug-likeness (QED) is 0.677. The maximum absolute atomic E-state index is 9.46. The van der Waals surface area contributed by atoms with Gasteiger partial charge in [-0.05, 0) is 41.9 Å². The Bertz CT molecular complexity index is 737. The molecule has 4 rings (SSSR count). The average Bonchev–Trinajstić information content (AvgIpc) is 2.76. The number of hydrogen-bond acceptors (Lipinski definition) is 4. The third kappa shape index (κ3) is 6.40. The van der Waals surface area contributed by atoms with Crippen LogP contribution in [0.2, 0.25) is 0 Å². The van der Waals surface area contributed by atoms with Gasteiger partial charge in [0.1, 0.15) is 0 Å². The van der Waals surface area contributed by atoms with E-state index in [9.17, 15) is 5.02 Å². The first kappa shape index (κ1) is 22.5. The fraction of sp³-hybridized carbons (Fsp3) is 0.478. The Balaban J connectivity index is 0.000000176. The minimum Gasteiger partial charge on any atom is -0.423 e. The van der Waals surface area contributed by atoms with E-state index >= 15 is 0 Å². The van der Waals surface area contributed by atoms with Crippen LogP contribution in [-0.2, 0) is 14.1 Å². The Morgan fingerprint density at radius 1 is 1.17 bits per heavy atom. The number of halogens is 1. The Morgan fingerprint density at radius 2 is 1.93 bits per heavy atom. The van der Waals surface area contributed by atoms with Crippen LogP contribution in [0.5, 0.6) is 0 Å². The summed E-state index contributed by atoms with van der Waals surface area (Å²) in [4.78, 5) is 0. The standard InChI is InChI=1S/C14H19BrO2.C9H11BO2/c1-11(12-6-2-3-7-13(12)15)10-17-14-8-4-5-9-16-14;1-7-6-12-10(11)9-5-3-2-4-8(7)9/h2-3,6-7,11,14H,4-5,8-10H2,1H3;2-5,7,11H,6H2,1H3. The second-order valence-corrected chi connectivity index (χ2v) is 8.62. The molecule has 4 nitrogen and oxygen atoms in total. The third-order valence-electron chi connectivity index (χ3n) is 5.40. The van der Waals surface area contributed by atoms with Crippen molar-refractivity contribution >= 4 is 28.5 Å². The SMILES string of the molecule is CC(COC1CCCCO1)c1ccccc1Br.CC1COB(O)c2ccccc21. The molecule has 0 amide bonds. The first-order valence-corrected chi connectivity index (χ1v) is 11.2. The molecule has 1 saturated heterocycles. The van der Waals surface area contributed by atoms with Crippen LogP contribution in [0.15, 0.2) is 53.0 Å². The Labute approximate surface area is 182 Å². The zero-order valence-electron chi connectivity index (χ0n) is 17.2. The molecule has 29 heavy (non-hydrogen) atoms. The first-order valence-electron chi connectivity index (χ1n) is 10.4. The number of benzene rings is 2. The number of ether oxygens (including phenoxy) is 2. The predicted octanol–water partition coefficient (Wildman–Crippen LogP) is 4.60. The maximum atomic E-state index is 9.46. The smallest absolute Gasteiger partial charge is 0.423 e. The van der Waals surface area contributed by atoms with E-state index in [0.717, 1.165) is 23.0 Å². The van der Waals surface area contributed by atoms with Gasteiger partial charge < -0.3 is 19.2 Å². The summed E-state index contributed by atoms with van der Waals surface area (Å²) in [6, 6.07) is 16.2. The number of rotatable bonds is 4. The zero-order valence-corrected chi connectivity index (χ0v) is 18.8. The molecular weight excluding hydrogens is 431 g/mol. The molecule has 2 heterocycles. The van der Waals surface area contributed by atoms with Gasteiger partial charge in [-0.1, -0.05) is 72.2 Å². The normalized spacial score (nSPS) is 22.3. The van der Waals surface area contributed by atoms with Crippen LogP contribution in [0.25, 0.3) is 0 Å². The minimum atomic E-state index is -0.725. The molecule has 0 aliphatic carbocycles. The molecule has 3 atom stereocenters. The summed E-state index contributed by atoms with van der Waals surface area (Å²) < 4.78 is 17.7. The van der Waals surface area contributed by atoms with Gasteiger partial charge in [-0.2, -0.15) is 0 Å². The van der Waals surface area contributed by atoms with Crippen molar-refractivity contribution in [3.8, 4) is 0 Å². The van der Waals surface area contributed by atoms with Crippen LogP contribution in [0.1, 0.15) is 56.1 Å². The van der Waals surface area contributed by atoms with Crippen LogP contribution >= 0.6 is 15.9 Å². The van der Waals surface area contributed by atoms with E-state index < -0.39 is 7.12 Å². The van der Waals surface area contributed by atoms with E-state index in [1.165, 1.54) is 24.0 Å². The van der Waals surface area contributed by atoms with E-state index in [0.29, 0.717) is 25.0 Å².